The molecule has 31 heavy (non-hydrogen) atoms. The van der Waals surface area contributed by atoms with E-state index in [0.29, 0.717) is 33.9 Å². The van der Waals surface area contributed by atoms with E-state index in [1.807, 2.05) is 0 Å². The Morgan fingerprint density at radius 1 is 0.935 bits per heavy atom. The summed E-state index contributed by atoms with van der Waals surface area (Å²) in [5.41, 5.74) is 2.13. The fourth-order valence-corrected chi connectivity index (χ4v) is 2.93. The van der Waals surface area contributed by atoms with Crippen molar-refractivity contribution in [2.24, 2.45) is 0 Å². The molecule has 8 heteroatoms. The number of nitrogens with one attached hydrogen (secondary N) is 1. The van der Waals surface area contributed by atoms with Crippen LogP contribution in [0.5, 0.6) is 11.5 Å². The number of carbonyl (C=O) groups is 1. The Bertz CT molecular complexity index is 1200. The Kier molecular flexibility index (Phi) is 5.61. The number of anilines is 1. The van der Waals surface area contributed by atoms with Gasteiger partial charge in [0.1, 0.15) is 17.3 Å². The lowest BCUT2D eigenvalue weighted by molar-refractivity contribution is 0.102. The Hall–Kier alpha value is -4.20. The van der Waals surface area contributed by atoms with Crippen LogP contribution in [0.1, 0.15) is 10.4 Å². The SMILES string of the molecule is COc1cc(NC(=O)c2ccc(-c3nc(-c4cccc(F)c4)no3)cc2)cc(OC)c1. The maximum atomic E-state index is 13.4. The smallest absolute Gasteiger partial charge is 0.258 e. The van der Waals surface area contributed by atoms with E-state index in [1.165, 1.54) is 26.4 Å². The summed E-state index contributed by atoms with van der Waals surface area (Å²) < 4.78 is 29.1. The number of amides is 1. The second-order valence-corrected chi connectivity index (χ2v) is 6.57. The summed E-state index contributed by atoms with van der Waals surface area (Å²) in [6.07, 6.45) is 0. The molecule has 0 aliphatic carbocycles. The van der Waals surface area contributed by atoms with Crippen LogP contribution in [0.15, 0.2) is 71.3 Å². The second-order valence-electron chi connectivity index (χ2n) is 6.57. The van der Waals surface area contributed by atoms with Gasteiger partial charge in [0.05, 0.1) is 14.2 Å². The molecule has 156 valence electrons. The number of rotatable bonds is 6. The average molecular weight is 419 g/mol. The van der Waals surface area contributed by atoms with E-state index in [9.17, 15) is 9.18 Å². The van der Waals surface area contributed by atoms with Crippen LogP contribution < -0.4 is 14.8 Å². The topological polar surface area (TPSA) is 86.5 Å². The molecule has 0 bridgehead atoms. The summed E-state index contributed by atoms with van der Waals surface area (Å²) in [5, 5.41) is 6.71. The van der Waals surface area contributed by atoms with Crippen molar-refractivity contribution in [3.8, 4) is 34.3 Å². The minimum Gasteiger partial charge on any atom is -0.497 e. The molecule has 1 amide bonds. The van der Waals surface area contributed by atoms with Gasteiger partial charge in [-0.05, 0) is 36.4 Å². The number of ether oxygens (including phenoxy) is 2. The zero-order valence-corrected chi connectivity index (χ0v) is 16.8. The van der Waals surface area contributed by atoms with Crippen LogP contribution in [0.3, 0.4) is 0 Å². The molecule has 0 spiro atoms. The molecule has 0 aliphatic heterocycles. The fourth-order valence-electron chi connectivity index (χ4n) is 2.93. The Labute approximate surface area is 177 Å². The quantitative estimate of drug-likeness (QED) is 0.483. The van der Waals surface area contributed by atoms with E-state index < -0.39 is 0 Å². The molecule has 7 nitrogen and oxygen atoms in total. The van der Waals surface area contributed by atoms with Crippen LogP contribution >= 0.6 is 0 Å². The van der Waals surface area contributed by atoms with Gasteiger partial charge in [-0.1, -0.05) is 17.3 Å². The number of carbonyl (C=O) groups excluding carboxylic acids is 1. The summed E-state index contributed by atoms with van der Waals surface area (Å²) in [6, 6.07) is 17.7. The lowest BCUT2D eigenvalue weighted by atomic mass is 10.1. The van der Waals surface area contributed by atoms with Crippen LogP contribution in [-0.4, -0.2) is 30.3 Å². The van der Waals surface area contributed by atoms with E-state index in [1.54, 1.807) is 54.6 Å². The number of benzene rings is 3. The average Bonchev–Trinajstić information content (AvgIpc) is 3.29. The summed E-state index contributed by atoms with van der Waals surface area (Å²) in [4.78, 5) is 16.9. The number of methoxy groups -OCH3 is 2. The van der Waals surface area contributed by atoms with Gasteiger partial charge in [0.25, 0.3) is 11.8 Å². The van der Waals surface area contributed by atoms with E-state index >= 15 is 0 Å². The van der Waals surface area contributed by atoms with Gasteiger partial charge in [0.2, 0.25) is 5.82 Å². The lowest BCUT2D eigenvalue weighted by Gasteiger charge is -2.10. The number of hydrogen-bond acceptors (Lipinski definition) is 6. The summed E-state index contributed by atoms with van der Waals surface area (Å²) in [5.74, 6) is 0.999. The predicted octanol–water partition coefficient (Wildman–Crippen LogP) is 4.81. The first-order valence-electron chi connectivity index (χ1n) is 9.30. The molecule has 0 aliphatic rings. The van der Waals surface area contributed by atoms with Gasteiger partial charge >= 0.3 is 0 Å². The molecular formula is C23H18FN3O4. The van der Waals surface area contributed by atoms with Crippen LogP contribution in [0.4, 0.5) is 10.1 Å². The standard InChI is InChI=1S/C23H18FN3O4/c1-29-19-11-18(12-20(13-19)30-2)25-22(28)14-6-8-15(9-7-14)23-26-21(27-31-23)16-4-3-5-17(24)10-16/h3-13H,1-2H3,(H,25,28). The minimum absolute atomic E-state index is 0.267. The summed E-state index contributed by atoms with van der Waals surface area (Å²) in [7, 11) is 3.08. The Morgan fingerprint density at radius 2 is 1.65 bits per heavy atom. The highest BCUT2D eigenvalue weighted by Crippen LogP contribution is 2.27. The van der Waals surface area contributed by atoms with Gasteiger partial charge in [0, 0.05) is 40.6 Å². The minimum atomic E-state index is -0.382. The van der Waals surface area contributed by atoms with E-state index in [-0.39, 0.29) is 23.4 Å². The Balaban J connectivity index is 1.50. The van der Waals surface area contributed by atoms with Crippen LogP contribution in [-0.2, 0) is 0 Å². The molecule has 0 unspecified atom stereocenters. The molecule has 4 aromatic rings. The number of nitrogens with zero attached hydrogens (tertiary/aromatic N) is 2. The monoisotopic (exact) mass is 419 g/mol. The highest BCUT2D eigenvalue weighted by Gasteiger charge is 2.13. The second kappa shape index (κ2) is 8.66. The fraction of sp³-hybridized carbons (Fsp3) is 0.0870. The third kappa shape index (κ3) is 4.53. The van der Waals surface area contributed by atoms with Crippen molar-refractivity contribution in [3.05, 3.63) is 78.1 Å². The number of halogens is 1. The summed E-state index contributed by atoms with van der Waals surface area (Å²) >= 11 is 0. The first-order chi connectivity index (χ1) is 15.1. The zero-order chi connectivity index (χ0) is 21.8. The van der Waals surface area contributed by atoms with Gasteiger partial charge in [-0.2, -0.15) is 4.98 Å². The largest absolute Gasteiger partial charge is 0.497 e. The highest BCUT2D eigenvalue weighted by atomic mass is 19.1. The molecule has 3 aromatic carbocycles. The number of hydrogen-bond donors (Lipinski definition) is 1. The van der Waals surface area contributed by atoms with Crippen LogP contribution in [0.2, 0.25) is 0 Å². The predicted molar refractivity (Wildman–Crippen MR) is 113 cm³/mol. The number of aromatic nitrogens is 2. The molecule has 4 rings (SSSR count). The highest BCUT2D eigenvalue weighted by molar-refractivity contribution is 6.04. The molecule has 1 heterocycles. The van der Waals surface area contributed by atoms with Gasteiger partial charge in [0.15, 0.2) is 0 Å². The molecule has 1 aromatic heterocycles. The van der Waals surface area contributed by atoms with Crippen molar-refractivity contribution in [3.63, 3.8) is 0 Å². The first kappa shape index (κ1) is 20.1. The third-order valence-corrected chi connectivity index (χ3v) is 4.51. The normalized spacial score (nSPS) is 10.5. The lowest BCUT2D eigenvalue weighted by Crippen LogP contribution is -2.11. The van der Waals surface area contributed by atoms with Crippen LogP contribution in [0.25, 0.3) is 22.8 Å². The van der Waals surface area contributed by atoms with E-state index in [2.05, 4.69) is 15.5 Å². The third-order valence-electron chi connectivity index (χ3n) is 4.51. The van der Waals surface area contributed by atoms with Gasteiger partial charge in [-0.25, -0.2) is 4.39 Å². The van der Waals surface area contributed by atoms with Crippen molar-refractivity contribution < 1.29 is 23.2 Å². The van der Waals surface area contributed by atoms with Crippen molar-refractivity contribution in [1.82, 2.24) is 10.1 Å². The van der Waals surface area contributed by atoms with Crippen molar-refractivity contribution in [1.29, 1.82) is 0 Å². The molecular weight excluding hydrogens is 401 g/mol. The van der Waals surface area contributed by atoms with E-state index in [0.717, 1.165) is 0 Å². The molecule has 0 saturated heterocycles. The van der Waals surface area contributed by atoms with Gasteiger partial charge in [-0.15, -0.1) is 0 Å². The molecule has 0 saturated carbocycles. The van der Waals surface area contributed by atoms with E-state index in [4.69, 9.17) is 14.0 Å². The molecule has 0 radical (unpaired) electrons. The van der Waals surface area contributed by atoms with Crippen molar-refractivity contribution in [2.45, 2.75) is 0 Å². The molecule has 0 atom stereocenters. The first-order valence-corrected chi connectivity index (χ1v) is 9.30. The van der Waals surface area contributed by atoms with Crippen molar-refractivity contribution >= 4 is 11.6 Å². The maximum Gasteiger partial charge on any atom is 0.258 e. The molecule has 1 N–H and O–H groups in total. The van der Waals surface area contributed by atoms with Crippen molar-refractivity contribution in [2.75, 3.05) is 19.5 Å². The van der Waals surface area contributed by atoms with Crippen LogP contribution in [0, 0.1) is 5.82 Å². The maximum absolute atomic E-state index is 13.4. The zero-order valence-electron chi connectivity index (χ0n) is 16.8. The van der Waals surface area contributed by atoms with Gasteiger partial charge < -0.3 is 19.3 Å². The molecule has 0 fully saturated rings. The van der Waals surface area contributed by atoms with Gasteiger partial charge in [-0.3, -0.25) is 4.79 Å². The summed E-state index contributed by atoms with van der Waals surface area (Å²) in [6.45, 7) is 0. The Morgan fingerprint density at radius 3 is 2.29 bits per heavy atom.